The van der Waals surface area contributed by atoms with Gasteiger partial charge in [0.25, 0.3) is 0 Å². The first-order valence-corrected chi connectivity index (χ1v) is 9.64. The summed E-state index contributed by atoms with van der Waals surface area (Å²) in [5.41, 5.74) is 0. The van der Waals surface area contributed by atoms with Gasteiger partial charge in [-0.25, -0.2) is 0 Å². The molecule has 0 aliphatic heterocycles. The van der Waals surface area contributed by atoms with Crippen LogP contribution in [-0.4, -0.2) is 6.61 Å². The van der Waals surface area contributed by atoms with Crippen LogP contribution in [0.15, 0.2) is 12.3 Å². The van der Waals surface area contributed by atoms with Crippen LogP contribution < -0.4 is 0 Å². The molecule has 0 aromatic carbocycles. The van der Waals surface area contributed by atoms with Gasteiger partial charge in [0.05, 0.1) is 12.9 Å². The number of hydrogen-bond donors (Lipinski definition) is 0. The lowest BCUT2D eigenvalue weighted by molar-refractivity contribution is 0.240. The lowest BCUT2D eigenvalue weighted by Gasteiger charge is -2.03. The van der Waals surface area contributed by atoms with Gasteiger partial charge in [0.2, 0.25) is 0 Å². The van der Waals surface area contributed by atoms with Crippen LogP contribution >= 0.6 is 0 Å². The van der Waals surface area contributed by atoms with Gasteiger partial charge in [-0.1, -0.05) is 103 Å². The zero-order valence-corrected chi connectivity index (χ0v) is 14.9. The van der Waals surface area contributed by atoms with Crippen LogP contribution in [0.5, 0.6) is 0 Å². The minimum Gasteiger partial charge on any atom is -0.502 e. The molecule has 0 amide bonds. The van der Waals surface area contributed by atoms with E-state index >= 15 is 0 Å². The smallest absolute Gasteiger partial charge is 0.0873 e. The molecule has 21 heavy (non-hydrogen) atoms. The van der Waals surface area contributed by atoms with Crippen LogP contribution in [0.25, 0.3) is 0 Å². The minimum absolute atomic E-state index is 0.891. The molecule has 0 N–H and O–H groups in total. The molecule has 0 atom stereocenters. The van der Waals surface area contributed by atoms with E-state index in [0.29, 0.717) is 0 Å². The fourth-order valence-corrected chi connectivity index (χ4v) is 2.72. The number of allylic oxidation sites excluding steroid dienone is 1. The molecule has 1 nitrogen and oxygen atoms in total. The van der Waals surface area contributed by atoms with Crippen molar-refractivity contribution in [3.8, 4) is 0 Å². The highest BCUT2D eigenvalue weighted by Gasteiger charge is 1.94. The van der Waals surface area contributed by atoms with Crippen molar-refractivity contribution in [1.29, 1.82) is 0 Å². The average molecular weight is 297 g/mol. The van der Waals surface area contributed by atoms with Crippen molar-refractivity contribution in [3.63, 3.8) is 0 Å². The molecule has 0 heterocycles. The maximum Gasteiger partial charge on any atom is 0.0873 e. The molecule has 0 fully saturated rings. The van der Waals surface area contributed by atoms with E-state index in [1.54, 1.807) is 6.26 Å². The second kappa shape index (κ2) is 19.5. The van der Waals surface area contributed by atoms with E-state index in [-0.39, 0.29) is 0 Å². The van der Waals surface area contributed by atoms with Gasteiger partial charge < -0.3 is 4.74 Å². The normalized spacial score (nSPS) is 11.3. The topological polar surface area (TPSA) is 9.23 Å². The first-order chi connectivity index (χ1) is 10.4. The highest BCUT2D eigenvalue weighted by molar-refractivity contribution is 4.64. The standard InChI is InChI=1S/C20H40O/c1-3-5-6-7-8-9-10-11-12-13-14-15-16-17-18-20-21-19-4-2/h4,19H,3,5-18,20H2,1-2H3/b19-4+. The maximum atomic E-state index is 5.32. The van der Waals surface area contributed by atoms with Crippen molar-refractivity contribution < 1.29 is 4.74 Å². The summed E-state index contributed by atoms with van der Waals surface area (Å²) in [5, 5.41) is 0. The molecule has 0 bridgehead atoms. The Morgan fingerprint density at radius 3 is 1.33 bits per heavy atom. The highest BCUT2D eigenvalue weighted by Crippen LogP contribution is 2.13. The molecule has 0 saturated carbocycles. The molecule has 0 radical (unpaired) electrons. The fourth-order valence-electron chi connectivity index (χ4n) is 2.72. The SMILES string of the molecule is C/C=C/OCCCCCCCCCCCCCCCCC. The predicted molar refractivity (Wildman–Crippen MR) is 95.7 cm³/mol. The zero-order valence-electron chi connectivity index (χ0n) is 14.9. The Kier molecular flexibility index (Phi) is 19.1. The summed E-state index contributed by atoms with van der Waals surface area (Å²) in [7, 11) is 0. The lowest BCUT2D eigenvalue weighted by Crippen LogP contribution is -1.88. The van der Waals surface area contributed by atoms with Crippen LogP contribution in [0.2, 0.25) is 0 Å². The van der Waals surface area contributed by atoms with Crippen molar-refractivity contribution in [2.24, 2.45) is 0 Å². The van der Waals surface area contributed by atoms with Gasteiger partial charge in [-0.2, -0.15) is 0 Å². The van der Waals surface area contributed by atoms with Crippen LogP contribution in [0, 0.1) is 0 Å². The Morgan fingerprint density at radius 2 is 0.952 bits per heavy atom. The number of unbranched alkanes of at least 4 members (excludes halogenated alkanes) is 14. The molecule has 0 unspecified atom stereocenters. The molecule has 0 aromatic heterocycles. The summed E-state index contributed by atoms with van der Waals surface area (Å²) in [4.78, 5) is 0. The lowest BCUT2D eigenvalue weighted by atomic mass is 10.0. The zero-order chi connectivity index (χ0) is 15.4. The van der Waals surface area contributed by atoms with E-state index in [2.05, 4.69) is 6.92 Å². The van der Waals surface area contributed by atoms with Crippen LogP contribution in [0.3, 0.4) is 0 Å². The van der Waals surface area contributed by atoms with Gasteiger partial charge in [-0.15, -0.1) is 0 Å². The molecule has 1 heteroatoms. The van der Waals surface area contributed by atoms with Crippen molar-refractivity contribution in [2.45, 2.75) is 110 Å². The third kappa shape index (κ3) is 19.5. The predicted octanol–water partition coefficient (Wildman–Crippen LogP) is 7.41. The second-order valence-corrected chi connectivity index (χ2v) is 6.29. The molecule has 0 rings (SSSR count). The van der Waals surface area contributed by atoms with Gasteiger partial charge in [0.15, 0.2) is 0 Å². The molecular formula is C20H40O. The quantitative estimate of drug-likeness (QED) is 0.200. The van der Waals surface area contributed by atoms with Crippen molar-refractivity contribution in [1.82, 2.24) is 0 Å². The van der Waals surface area contributed by atoms with Crippen LogP contribution in [0.4, 0.5) is 0 Å². The van der Waals surface area contributed by atoms with E-state index < -0.39 is 0 Å². The number of ether oxygens (including phenoxy) is 1. The van der Waals surface area contributed by atoms with Gasteiger partial charge >= 0.3 is 0 Å². The molecule has 0 aliphatic carbocycles. The summed E-state index contributed by atoms with van der Waals surface area (Å²) in [6.45, 7) is 5.17. The van der Waals surface area contributed by atoms with Crippen LogP contribution in [0.1, 0.15) is 110 Å². The van der Waals surface area contributed by atoms with Gasteiger partial charge in [-0.05, 0) is 13.3 Å². The Bertz CT molecular complexity index is 198. The first-order valence-electron chi connectivity index (χ1n) is 9.64. The highest BCUT2D eigenvalue weighted by atomic mass is 16.5. The minimum atomic E-state index is 0.891. The third-order valence-corrected chi connectivity index (χ3v) is 4.10. The first kappa shape index (κ1) is 20.5. The van der Waals surface area contributed by atoms with Crippen molar-refractivity contribution in [2.75, 3.05) is 6.61 Å². The molecule has 126 valence electrons. The van der Waals surface area contributed by atoms with Gasteiger partial charge in [0, 0.05) is 0 Å². The molecule has 0 aliphatic rings. The van der Waals surface area contributed by atoms with E-state index in [1.165, 1.54) is 96.3 Å². The van der Waals surface area contributed by atoms with E-state index in [4.69, 9.17) is 4.74 Å². The molecular weight excluding hydrogens is 256 g/mol. The van der Waals surface area contributed by atoms with E-state index in [1.807, 2.05) is 13.0 Å². The molecule has 0 saturated heterocycles. The largest absolute Gasteiger partial charge is 0.502 e. The van der Waals surface area contributed by atoms with Crippen LogP contribution in [-0.2, 0) is 4.74 Å². The Labute approximate surface area is 134 Å². The van der Waals surface area contributed by atoms with Crippen molar-refractivity contribution >= 4 is 0 Å². The summed E-state index contributed by atoms with van der Waals surface area (Å²) >= 11 is 0. The fraction of sp³-hybridized carbons (Fsp3) is 0.900. The maximum absolute atomic E-state index is 5.32. The Balaban J connectivity index is 2.93. The monoisotopic (exact) mass is 296 g/mol. The summed E-state index contributed by atoms with van der Waals surface area (Å²) < 4.78 is 5.32. The van der Waals surface area contributed by atoms with Gasteiger partial charge in [-0.3, -0.25) is 0 Å². The van der Waals surface area contributed by atoms with E-state index in [9.17, 15) is 0 Å². The second-order valence-electron chi connectivity index (χ2n) is 6.29. The number of rotatable bonds is 17. The Hall–Kier alpha value is -0.460. The average Bonchev–Trinajstić information content (AvgIpc) is 2.50. The third-order valence-electron chi connectivity index (χ3n) is 4.10. The summed E-state index contributed by atoms with van der Waals surface area (Å²) in [5.74, 6) is 0. The molecule has 0 spiro atoms. The molecule has 0 aromatic rings. The summed E-state index contributed by atoms with van der Waals surface area (Å²) in [6, 6.07) is 0. The Morgan fingerprint density at radius 1 is 0.571 bits per heavy atom. The summed E-state index contributed by atoms with van der Waals surface area (Å²) in [6.07, 6.45) is 25.0. The number of hydrogen-bond acceptors (Lipinski definition) is 1. The van der Waals surface area contributed by atoms with Gasteiger partial charge in [0.1, 0.15) is 0 Å². The van der Waals surface area contributed by atoms with E-state index in [0.717, 1.165) is 6.61 Å². The van der Waals surface area contributed by atoms with Crippen molar-refractivity contribution in [3.05, 3.63) is 12.3 Å².